The summed E-state index contributed by atoms with van der Waals surface area (Å²) in [6.07, 6.45) is -0.643. The van der Waals surface area contributed by atoms with Gasteiger partial charge in [0, 0.05) is 18.9 Å². The molecule has 3 aromatic rings. The molecule has 1 atom stereocenters. The Hall–Kier alpha value is -3.31. The number of carbonyl (C=O) groups is 1. The van der Waals surface area contributed by atoms with Crippen LogP contribution in [0.15, 0.2) is 78.9 Å². The highest BCUT2D eigenvalue weighted by Crippen LogP contribution is 2.23. The van der Waals surface area contributed by atoms with E-state index in [1.807, 2.05) is 60.7 Å². The van der Waals surface area contributed by atoms with E-state index in [9.17, 15) is 4.79 Å². The van der Waals surface area contributed by atoms with Crippen molar-refractivity contribution in [1.29, 1.82) is 0 Å². The van der Waals surface area contributed by atoms with E-state index in [2.05, 4.69) is 17.4 Å². The van der Waals surface area contributed by atoms with Gasteiger partial charge in [0.2, 0.25) is 0 Å². The van der Waals surface area contributed by atoms with Gasteiger partial charge in [-0.15, -0.1) is 0 Å². The lowest BCUT2D eigenvalue weighted by Gasteiger charge is -2.15. The molecule has 0 saturated heterocycles. The standard InChI is InChI=1S/C24H25NO4/c1-18(24(26)25-21-9-6-10-23(17-21)28-16-15-27-2)29-22-13-11-20(12-14-22)19-7-4-3-5-8-19/h3-14,17-18H,15-16H2,1-2H3,(H,25,26). The number of ether oxygens (including phenoxy) is 3. The lowest BCUT2D eigenvalue weighted by molar-refractivity contribution is -0.122. The van der Waals surface area contributed by atoms with Crippen LogP contribution >= 0.6 is 0 Å². The van der Waals surface area contributed by atoms with Crippen molar-refractivity contribution in [3.8, 4) is 22.6 Å². The summed E-state index contributed by atoms with van der Waals surface area (Å²) in [4.78, 5) is 12.5. The summed E-state index contributed by atoms with van der Waals surface area (Å²) in [5.74, 6) is 1.08. The first kappa shape index (κ1) is 20.4. The zero-order valence-corrected chi connectivity index (χ0v) is 16.6. The van der Waals surface area contributed by atoms with E-state index in [4.69, 9.17) is 14.2 Å². The molecule has 5 nitrogen and oxygen atoms in total. The molecule has 5 heteroatoms. The summed E-state index contributed by atoms with van der Waals surface area (Å²) in [7, 11) is 1.62. The lowest BCUT2D eigenvalue weighted by Crippen LogP contribution is -2.30. The molecule has 1 unspecified atom stereocenters. The summed E-state index contributed by atoms with van der Waals surface area (Å²) in [5.41, 5.74) is 2.89. The van der Waals surface area contributed by atoms with E-state index >= 15 is 0 Å². The number of rotatable bonds is 9. The topological polar surface area (TPSA) is 56.8 Å². The molecule has 1 amide bonds. The zero-order valence-electron chi connectivity index (χ0n) is 16.6. The molecular weight excluding hydrogens is 366 g/mol. The Balaban J connectivity index is 1.56. The van der Waals surface area contributed by atoms with E-state index in [-0.39, 0.29) is 5.91 Å². The summed E-state index contributed by atoms with van der Waals surface area (Å²) < 4.78 is 16.3. The van der Waals surface area contributed by atoms with Gasteiger partial charge in [0.05, 0.1) is 6.61 Å². The maximum absolute atomic E-state index is 12.5. The van der Waals surface area contributed by atoms with Crippen molar-refractivity contribution in [2.75, 3.05) is 25.6 Å². The van der Waals surface area contributed by atoms with Crippen LogP contribution in [0.5, 0.6) is 11.5 Å². The molecule has 0 aromatic heterocycles. The Bertz CT molecular complexity index is 910. The molecule has 150 valence electrons. The quantitative estimate of drug-likeness (QED) is 0.533. The van der Waals surface area contributed by atoms with Gasteiger partial charge in [-0.2, -0.15) is 0 Å². The Morgan fingerprint density at radius 2 is 1.59 bits per heavy atom. The molecule has 29 heavy (non-hydrogen) atoms. The van der Waals surface area contributed by atoms with Gasteiger partial charge >= 0.3 is 0 Å². The number of carbonyl (C=O) groups excluding carboxylic acids is 1. The number of hydrogen-bond acceptors (Lipinski definition) is 4. The van der Waals surface area contributed by atoms with Crippen molar-refractivity contribution in [3.05, 3.63) is 78.9 Å². The van der Waals surface area contributed by atoms with Crippen LogP contribution in [0.3, 0.4) is 0 Å². The van der Waals surface area contributed by atoms with Crippen LogP contribution in [0.2, 0.25) is 0 Å². The van der Waals surface area contributed by atoms with Gasteiger partial charge in [-0.25, -0.2) is 0 Å². The van der Waals surface area contributed by atoms with Gasteiger partial charge in [0.15, 0.2) is 6.10 Å². The van der Waals surface area contributed by atoms with Crippen LogP contribution < -0.4 is 14.8 Å². The highest BCUT2D eigenvalue weighted by atomic mass is 16.5. The summed E-state index contributed by atoms with van der Waals surface area (Å²) in [6, 6.07) is 25.1. The molecule has 3 aromatic carbocycles. The van der Waals surface area contributed by atoms with Crippen molar-refractivity contribution in [2.24, 2.45) is 0 Å². The van der Waals surface area contributed by atoms with Crippen LogP contribution in [0.25, 0.3) is 11.1 Å². The summed E-state index contributed by atoms with van der Waals surface area (Å²) in [6.45, 7) is 2.68. The van der Waals surface area contributed by atoms with Crippen LogP contribution in [0, 0.1) is 0 Å². The molecule has 0 spiro atoms. The van der Waals surface area contributed by atoms with Crippen LogP contribution in [-0.2, 0) is 9.53 Å². The number of anilines is 1. The Labute approximate surface area is 171 Å². The first-order valence-electron chi connectivity index (χ1n) is 9.50. The Kier molecular flexibility index (Phi) is 7.25. The molecule has 0 heterocycles. The van der Waals surface area contributed by atoms with Crippen molar-refractivity contribution in [1.82, 2.24) is 0 Å². The Morgan fingerprint density at radius 1 is 0.862 bits per heavy atom. The minimum atomic E-state index is -0.643. The average Bonchev–Trinajstić information content (AvgIpc) is 2.75. The molecule has 1 N–H and O–H groups in total. The van der Waals surface area contributed by atoms with Gasteiger partial charge in [0.25, 0.3) is 5.91 Å². The highest BCUT2D eigenvalue weighted by Gasteiger charge is 2.15. The third kappa shape index (κ3) is 6.09. The molecule has 0 fully saturated rings. The molecular formula is C24H25NO4. The second kappa shape index (κ2) is 10.3. The minimum absolute atomic E-state index is 0.230. The smallest absolute Gasteiger partial charge is 0.265 e. The monoisotopic (exact) mass is 391 g/mol. The number of hydrogen-bond donors (Lipinski definition) is 1. The molecule has 0 aliphatic heterocycles. The second-order valence-electron chi connectivity index (χ2n) is 6.51. The number of nitrogens with one attached hydrogen (secondary N) is 1. The van der Waals surface area contributed by atoms with Gasteiger partial charge in [-0.05, 0) is 42.3 Å². The van der Waals surface area contributed by atoms with E-state index in [0.717, 1.165) is 11.1 Å². The Morgan fingerprint density at radius 3 is 2.31 bits per heavy atom. The first-order valence-corrected chi connectivity index (χ1v) is 9.50. The second-order valence-corrected chi connectivity index (χ2v) is 6.51. The van der Waals surface area contributed by atoms with Crippen molar-refractivity contribution in [3.63, 3.8) is 0 Å². The average molecular weight is 391 g/mol. The van der Waals surface area contributed by atoms with E-state index in [1.165, 1.54) is 0 Å². The SMILES string of the molecule is COCCOc1cccc(NC(=O)C(C)Oc2ccc(-c3ccccc3)cc2)c1. The van der Waals surface area contributed by atoms with E-state index < -0.39 is 6.10 Å². The lowest BCUT2D eigenvalue weighted by atomic mass is 10.1. The first-order chi connectivity index (χ1) is 14.2. The van der Waals surface area contributed by atoms with Crippen molar-refractivity contribution >= 4 is 11.6 Å². The number of methoxy groups -OCH3 is 1. The third-order valence-corrected chi connectivity index (χ3v) is 4.30. The third-order valence-electron chi connectivity index (χ3n) is 4.30. The summed E-state index contributed by atoms with van der Waals surface area (Å²) >= 11 is 0. The molecule has 0 bridgehead atoms. The van der Waals surface area contributed by atoms with Gasteiger partial charge in [-0.3, -0.25) is 4.79 Å². The van der Waals surface area contributed by atoms with Gasteiger partial charge < -0.3 is 19.5 Å². The van der Waals surface area contributed by atoms with Crippen LogP contribution in [0.4, 0.5) is 5.69 Å². The van der Waals surface area contributed by atoms with E-state index in [1.54, 1.807) is 20.1 Å². The predicted octanol–water partition coefficient (Wildman–Crippen LogP) is 4.78. The molecule has 0 radical (unpaired) electrons. The predicted molar refractivity (Wildman–Crippen MR) is 114 cm³/mol. The highest BCUT2D eigenvalue weighted by molar-refractivity contribution is 5.94. The molecule has 0 aliphatic carbocycles. The normalized spacial score (nSPS) is 11.5. The molecule has 3 rings (SSSR count). The molecule has 0 saturated carbocycles. The fraction of sp³-hybridized carbons (Fsp3) is 0.208. The zero-order chi connectivity index (χ0) is 20.5. The van der Waals surface area contributed by atoms with Crippen LogP contribution in [-0.4, -0.2) is 32.3 Å². The van der Waals surface area contributed by atoms with Crippen molar-refractivity contribution in [2.45, 2.75) is 13.0 Å². The fourth-order valence-corrected chi connectivity index (χ4v) is 2.76. The maximum Gasteiger partial charge on any atom is 0.265 e. The van der Waals surface area contributed by atoms with Crippen LogP contribution in [0.1, 0.15) is 6.92 Å². The van der Waals surface area contributed by atoms with Gasteiger partial charge in [-0.1, -0.05) is 48.5 Å². The molecule has 0 aliphatic rings. The van der Waals surface area contributed by atoms with Gasteiger partial charge in [0.1, 0.15) is 18.1 Å². The van der Waals surface area contributed by atoms with Crippen molar-refractivity contribution < 1.29 is 19.0 Å². The fourth-order valence-electron chi connectivity index (χ4n) is 2.76. The summed E-state index contributed by atoms with van der Waals surface area (Å²) in [5, 5.41) is 2.85. The largest absolute Gasteiger partial charge is 0.491 e. The maximum atomic E-state index is 12.5. The number of benzene rings is 3. The van der Waals surface area contributed by atoms with E-state index in [0.29, 0.717) is 30.4 Å². The minimum Gasteiger partial charge on any atom is -0.491 e. The number of amides is 1.